The lowest BCUT2D eigenvalue weighted by molar-refractivity contribution is -0.121. The largest absolute Gasteiger partial charge is 0.494 e. The molecule has 1 aliphatic rings. The van der Waals surface area contributed by atoms with Crippen LogP contribution in [0.1, 0.15) is 18.4 Å². The number of halogens is 2. The van der Waals surface area contributed by atoms with E-state index in [4.69, 9.17) is 0 Å². The van der Waals surface area contributed by atoms with Crippen molar-refractivity contribution in [1.29, 1.82) is 0 Å². The van der Waals surface area contributed by atoms with E-state index in [1.807, 2.05) is 12.1 Å². The zero-order valence-electron chi connectivity index (χ0n) is 18.7. The van der Waals surface area contributed by atoms with Gasteiger partial charge in [0.1, 0.15) is 22.8 Å². The van der Waals surface area contributed by atoms with Crippen molar-refractivity contribution in [3.05, 3.63) is 65.9 Å². The molecule has 8 nitrogen and oxygen atoms in total. The van der Waals surface area contributed by atoms with Crippen molar-refractivity contribution in [3.63, 3.8) is 0 Å². The minimum atomic E-state index is -0.790. The summed E-state index contributed by atoms with van der Waals surface area (Å²) in [6.45, 7) is 1.77. The maximum atomic E-state index is 14.4. The molecule has 1 atom stereocenters. The van der Waals surface area contributed by atoms with Crippen LogP contribution in [0.4, 0.5) is 20.3 Å². The average molecular weight is 479 g/mol. The lowest BCUT2D eigenvalue weighted by Crippen LogP contribution is -2.46. The van der Waals surface area contributed by atoms with Gasteiger partial charge in [-0.15, -0.1) is 0 Å². The van der Waals surface area contributed by atoms with Crippen molar-refractivity contribution >= 4 is 28.3 Å². The molecule has 1 fully saturated rings. The molecule has 1 aliphatic heterocycles. The van der Waals surface area contributed by atoms with Crippen LogP contribution in [0, 0.1) is 11.6 Å². The van der Waals surface area contributed by atoms with Crippen LogP contribution in [0.3, 0.4) is 0 Å². The smallest absolute Gasteiger partial charge is 0.224 e. The van der Waals surface area contributed by atoms with E-state index in [1.165, 1.54) is 12.3 Å². The highest BCUT2D eigenvalue weighted by Crippen LogP contribution is 2.34. The van der Waals surface area contributed by atoms with Gasteiger partial charge in [0, 0.05) is 24.5 Å². The van der Waals surface area contributed by atoms with Gasteiger partial charge in [0.05, 0.1) is 17.5 Å². The van der Waals surface area contributed by atoms with E-state index in [0.717, 1.165) is 43.6 Å². The number of hydrogen-bond acceptors (Lipinski definition) is 6. The summed E-state index contributed by atoms with van der Waals surface area (Å²) in [5.74, 6) is -1.76. The lowest BCUT2D eigenvalue weighted by atomic mass is 10.1. The number of carbonyl (C=O) groups excluding carboxylic acids is 1. The summed E-state index contributed by atoms with van der Waals surface area (Å²) in [6.07, 6.45) is 3.70. The highest BCUT2D eigenvalue weighted by Gasteiger charge is 2.20. The normalized spacial score (nSPS) is 15.8. The van der Waals surface area contributed by atoms with Crippen LogP contribution in [0.15, 0.2) is 48.7 Å². The van der Waals surface area contributed by atoms with E-state index < -0.39 is 11.6 Å². The molecule has 1 unspecified atom stereocenters. The molecule has 0 spiro atoms. The van der Waals surface area contributed by atoms with Crippen LogP contribution in [0.5, 0.6) is 5.88 Å². The molecule has 0 saturated carbocycles. The van der Waals surface area contributed by atoms with Crippen molar-refractivity contribution in [3.8, 4) is 17.3 Å². The van der Waals surface area contributed by atoms with Crippen LogP contribution in [-0.4, -0.2) is 45.1 Å². The number of benzene rings is 2. The molecule has 1 saturated heterocycles. The number of H-pyrrole nitrogens is 1. The summed E-state index contributed by atoms with van der Waals surface area (Å²) in [5, 5.41) is 19.9. The molecule has 2 aromatic heterocycles. The number of carbonyl (C=O) groups is 1. The summed E-state index contributed by atoms with van der Waals surface area (Å²) in [4.78, 5) is 23.5. The number of amides is 1. The van der Waals surface area contributed by atoms with E-state index in [1.54, 1.807) is 12.1 Å². The van der Waals surface area contributed by atoms with Gasteiger partial charge in [-0.3, -0.25) is 4.79 Å². The molecular formula is C25H24F2N6O2. The number of fused-ring (bicyclic) bond motifs is 1. The van der Waals surface area contributed by atoms with Gasteiger partial charge in [-0.05, 0) is 49.2 Å². The number of nitrogens with one attached hydrogen (secondary N) is 4. The molecule has 0 bridgehead atoms. The second-order valence-corrected chi connectivity index (χ2v) is 8.50. The number of piperidine rings is 1. The SMILES string of the molecule is O=C(Cc1ccc(Nc2nc(-c3c(F)cccc3F)nc3c[nH]c(O)c23)cc1)NC1CCCNC1. The first-order valence-electron chi connectivity index (χ1n) is 11.4. The maximum Gasteiger partial charge on any atom is 0.224 e. The quantitative estimate of drug-likeness (QED) is 0.288. The number of hydrogen-bond donors (Lipinski definition) is 5. The Kier molecular flexibility index (Phi) is 6.28. The van der Waals surface area contributed by atoms with Gasteiger partial charge >= 0.3 is 0 Å². The van der Waals surface area contributed by atoms with Crippen LogP contribution in [0.25, 0.3) is 22.3 Å². The van der Waals surface area contributed by atoms with Crippen LogP contribution >= 0.6 is 0 Å². The van der Waals surface area contributed by atoms with Crippen molar-refractivity contribution in [2.45, 2.75) is 25.3 Å². The highest BCUT2D eigenvalue weighted by atomic mass is 19.1. The van der Waals surface area contributed by atoms with E-state index in [2.05, 4.69) is 30.9 Å². The maximum absolute atomic E-state index is 14.4. The van der Waals surface area contributed by atoms with E-state index in [9.17, 15) is 18.7 Å². The first-order valence-corrected chi connectivity index (χ1v) is 11.4. The molecule has 180 valence electrons. The molecule has 1 amide bonds. The predicted molar refractivity (Wildman–Crippen MR) is 128 cm³/mol. The molecule has 0 aliphatic carbocycles. The molecule has 4 aromatic rings. The number of nitrogens with zero attached hydrogens (tertiary/aromatic N) is 2. The van der Waals surface area contributed by atoms with Gasteiger partial charge in [-0.25, -0.2) is 18.7 Å². The molecule has 35 heavy (non-hydrogen) atoms. The summed E-state index contributed by atoms with van der Waals surface area (Å²) in [7, 11) is 0. The summed E-state index contributed by atoms with van der Waals surface area (Å²) in [5.41, 5.74) is 1.39. The molecule has 0 radical (unpaired) electrons. The Balaban J connectivity index is 1.37. The van der Waals surface area contributed by atoms with Gasteiger partial charge in [0.15, 0.2) is 5.82 Å². The minimum absolute atomic E-state index is 0.0364. The number of anilines is 2. The first-order chi connectivity index (χ1) is 17.0. The fourth-order valence-electron chi connectivity index (χ4n) is 4.22. The Bertz CT molecular complexity index is 1350. The minimum Gasteiger partial charge on any atom is -0.494 e. The molecule has 3 heterocycles. The Morgan fingerprint density at radius 1 is 1.11 bits per heavy atom. The van der Waals surface area contributed by atoms with Crippen molar-refractivity contribution < 1.29 is 18.7 Å². The summed E-state index contributed by atoms with van der Waals surface area (Å²) in [6, 6.07) is 10.8. The van der Waals surface area contributed by atoms with Crippen LogP contribution < -0.4 is 16.0 Å². The number of aromatic hydroxyl groups is 1. The molecule has 5 N–H and O–H groups in total. The van der Waals surface area contributed by atoms with E-state index >= 15 is 0 Å². The number of aromatic amines is 1. The Labute approximate surface area is 199 Å². The second kappa shape index (κ2) is 9.67. The van der Waals surface area contributed by atoms with E-state index in [0.29, 0.717) is 11.2 Å². The number of rotatable bonds is 6. The Morgan fingerprint density at radius 3 is 2.60 bits per heavy atom. The van der Waals surface area contributed by atoms with E-state index in [-0.39, 0.29) is 46.8 Å². The third-order valence-electron chi connectivity index (χ3n) is 5.95. The third-order valence-corrected chi connectivity index (χ3v) is 5.95. The fourth-order valence-corrected chi connectivity index (χ4v) is 4.22. The Morgan fingerprint density at radius 2 is 1.89 bits per heavy atom. The summed E-state index contributed by atoms with van der Waals surface area (Å²) < 4.78 is 28.7. The van der Waals surface area contributed by atoms with Crippen LogP contribution in [0.2, 0.25) is 0 Å². The molecular weight excluding hydrogens is 454 g/mol. The van der Waals surface area contributed by atoms with Crippen LogP contribution in [-0.2, 0) is 11.2 Å². The highest BCUT2D eigenvalue weighted by molar-refractivity contribution is 5.96. The zero-order chi connectivity index (χ0) is 24.4. The van der Waals surface area contributed by atoms with Gasteiger partial charge in [-0.2, -0.15) is 0 Å². The Hall–Kier alpha value is -4.05. The lowest BCUT2D eigenvalue weighted by Gasteiger charge is -2.23. The molecule has 10 heteroatoms. The number of aromatic nitrogens is 3. The average Bonchev–Trinajstić information content (AvgIpc) is 3.22. The van der Waals surface area contributed by atoms with Crippen molar-refractivity contribution in [2.75, 3.05) is 18.4 Å². The standard InChI is InChI=1S/C25H24F2N6O2/c26-17-4-1-5-18(27)21(17)23-32-19-13-29-25(35)22(19)24(33-23)31-15-8-6-14(7-9-15)11-20(34)30-16-3-2-10-28-12-16/h1,4-9,13,16,28-29,35H,2-3,10-12H2,(H,30,34)(H,31,32,33). The fraction of sp³-hybridized carbons (Fsp3) is 0.240. The van der Waals surface area contributed by atoms with Gasteiger partial charge in [-0.1, -0.05) is 18.2 Å². The molecule has 5 rings (SSSR count). The summed E-state index contributed by atoms with van der Waals surface area (Å²) >= 11 is 0. The monoisotopic (exact) mass is 478 g/mol. The van der Waals surface area contributed by atoms with Gasteiger partial charge in [0.2, 0.25) is 11.8 Å². The first kappa shape index (κ1) is 22.7. The van der Waals surface area contributed by atoms with Crippen molar-refractivity contribution in [2.24, 2.45) is 0 Å². The third kappa shape index (κ3) is 4.92. The predicted octanol–water partition coefficient (Wildman–Crippen LogP) is 3.76. The molecule has 2 aromatic carbocycles. The zero-order valence-corrected chi connectivity index (χ0v) is 18.7. The topological polar surface area (TPSA) is 115 Å². The van der Waals surface area contributed by atoms with Gasteiger partial charge in [0.25, 0.3) is 0 Å². The van der Waals surface area contributed by atoms with Crippen molar-refractivity contribution in [1.82, 2.24) is 25.6 Å². The second-order valence-electron chi connectivity index (χ2n) is 8.50. The van der Waals surface area contributed by atoms with Gasteiger partial charge < -0.3 is 26.0 Å².